The molecule has 1 fully saturated rings. The number of nitrogens with zero attached hydrogens (tertiary/aromatic N) is 4. The Hall–Kier alpha value is -1.39. The van der Waals surface area contributed by atoms with Crippen LogP contribution in [0.5, 0.6) is 0 Å². The van der Waals surface area contributed by atoms with Gasteiger partial charge in [0.15, 0.2) is 0 Å². The fourth-order valence-corrected chi connectivity index (χ4v) is 1.74. The Morgan fingerprint density at radius 2 is 2.54 bits per heavy atom. The number of aromatic nitrogens is 3. The number of rotatable bonds is 1. The highest BCUT2D eigenvalue weighted by molar-refractivity contribution is 5.84. The van der Waals surface area contributed by atoms with Crippen LogP contribution in [0.25, 0.3) is 0 Å². The summed E-state index contributed by atoms with van der Waals surface area (Å²) in [6.07, 6.45) is 7.09. The maximum atomic E-state index is 8.65. The van der Waals surface area contributed by atoms with Gasteiger partial charge in [0.2, 0.25) is 0 Å². The van der Waals surface area contributed by atoms with Crippen molar-refractivity contribution in [2.75, 3.05) is 0 Å². The zero-order valence-electron chi connectivity index (χ0n) is 7.30. The van der Waals surface area contributed by atoms with E-state index < -0.39 is 0 Å². The molecule has 0 saturated heterocycles. The van der Waals surface area contributed by atoms with Crippen molar-refractivity contribution in [1.29, 1.82) is 0 Å². The van der Waals surface area contributed by atoms with Gasteiger partial charge in [-0.05, 0) is 19.3 Å². The first-order valence-electron chi connectivity index (χ1n) is 4.44. The van der Waals surface area contributed by atoms with E-state index >= 15 is 0 Å². The fraction of sp³-hybridized carbons (Fsp3) is 0.625. The smallest absolute Gasteiger partial charge is 0.137 e. The van der Waals surface area contributed by atoms with Crippen LogP contribution in [0.1, 0.15) is 31.7 Å². The first-order chi connectivity index (χ1) is 6.40. The largest absolute Gasteiger partial charge is 0.411 e. The molecule has 1 unspecified atom stereocenters. The molecule has 1 aliphatic carbocycles. The molecule has 0 radical (unpaired) electrons. The second-order valence-electron chi connectivity index (χ2n) is 3.29. The highest BCUT2D eigenvalue weighted by Gasteiger charge is 2.20. The van der Waals surface area contributed by atoms with Gasteiger partial charge in [-0.25, -0.2) is 9.67 Å². The average Bonchev–Trinajstić information content (AvgIpc) is 2.71. The van der Waals surface area contributed by atoms with E-state index in [4.69, 9.17) is 5.21 Å². The van der Waals surface area contributed by atoms with Crippen molar-refractivity contribution in [2.45, 2.75) is 31.7 Å². The van der Waals surface area contributed by atoms with Gasteiger partial charge in [0, 0.05) is 6.42 Å². The van der Waals surface area contributed by atoms with Gasteiger partial charge in [0.25, 0.3) is 0 Å². The van der Waals surface area contributed by atoms with Gasteiger partial charge in [-0.2, -0.15) is 5.10 Å². The third-order valence-corrected chi connectivity index (χ3v) is 2.43. The molecule has 2 rings (SSSR count). The van der Waals surface area contributed by atoms with Gasteiger partial charge in [-0.1, -0.05) is 5.16 Å². The van der Waals surface area contributed by atoms with Gasteiger partial charge in [-0.3, -0.25) is 0 Å². The van der Waals surface area contributed by atoms with Crippen LogP contribution in [0.4, 0.5) is 0 Å². The van der Waals surface area contributed by atoms with Crippen molar-refractivity contribution < 1.29 is 5.21 Å². The summed E-state index contributed by atoms with van der Waals surface area (Å²) in [5, 5.41) is 16.0. The van der Waals surface area contributed by atoms with E-state index in [1.165, 1.54) is 6.33 Å². The lowest BCUT2D eigenvalue weighted by atomic mass is 9.94. The summed E-state index contributed by atoms with van der Waals surface area (Å²) in [6, 6.07) is 0.321. The molecule has 0 aliphatic heterocycles. The molecule has 1 aliphatic rings. The maximum Gasteiger partial charge on any atom is 0.137 e. The zero-order valence-corrected chi connectivity index (χ0v) is 7.30. The van der Waals surface area contributed by atoms with E-state index in [2.05, 4.69) is 15.2 Å². The topological polar surface area (TPSA) is 63.3 Å². The molecule has 1 heterocycles. The van der Waals surface area contributed by atoms with Crippen LogP contribution in [-0.2, 0) is 0 Å². The third kappa shape index (κ3) is 1.68. The van der Waals surface area contributed by atoms with Crippen LogP contribution in [-0.4, -0.2) is 25.7 Å². The molecule has 13 heavy (non-hydrogen) atoms. The predicted octanol–water partition coefficient (Wildman–Crippen LogP) is 1.22. The highest BCUT2D eigenvalue weighted by atomic mass is 16.4. The lowest BCUT2D eigenvalue weighted by molar-refractivity contribution is 0.308. The van der Waals surface area contributed by atoms with Crippen LogP contribution in [0.3, 0.4) is 0 Å². The first-order valence-corrected chi connectivity index (χ1v) is 4.44. The third-order valence-electron chi connectivity index (χ3n) is 2.43. The number of hydrogen-bond acceptors (Lipinski definition) is 4. The van der Waals surface area contributed by atoms with Crippen LogP contribution < -0.4 is 0 Å². The van der Waals surface area contributed by atoms with Crippen molar-refractivity contribution in [2.24, 2.45) is 5.16 Å². The first kappa shape index (κ1) is 8.22. The SMILES string of the molecule is O/N=C1\CCCC(n2cncn2)C1. The molecule has 70 valence electrons. The summed E-state index contributed by atoms with van der Waals surface area (Å²) in [6.45, 7) is 0. The van der Waals surface area contributed by atoms with Crippen LogP contribution in [0.15, 0.2) is 17.8 Å². The van der Waals surface area contributed by atoms with Crippen molar-refractivity contribution in [1.82, 2.24) is 14.8 Å². The average molecular weight is 180 g/mol. The molecule has 1 N–H and O–H groups in total. The van der Waals surface area contributed by atoms with Crippen LogP contribution >= 0.6 is 0 Å². The molecule has 5 heteroatoms. The van der Waals surface area contributed by atoms with E-state index in [-0.39, 0.29) is 0 Å². The molecule has 5 nitrogen and oxygen atoms in total. The van der Waals surface area contributed by atoms with E-state index in [0.29, 0.717) is 6.04 Å². The predicted molar refractivity (Wildman–Crippen MR) is 46.7 cm³/mol. The minimum atomic E-state index is 0.321. The molecular formula is C8H12N4O. The van der Waals surface area contributed by atoms with Crippen molar-refractivity contribution >= 4 is 5.71 Å². The Morgan fingerprint density at radius 1 is 1.62 bits per heavy atom. The Balaban J connectivity index is 2.09. The molecule has 1 aromatic rings. The second-order valence-corrected chi connectivity index (χ2v) is 3.29. The quantitative estimate of drug-likeness (QED) is 0.522. The van der Waals surface area contributed by atoms with E-state index in [1.54, 1.807) is 6.33 Å². The Bertz CT molecular complexity index is 293. The molecule has 1 atom stereocenters. The Kier molecular flexibility index (Phi) is 2.25. The summed E-state index contributed by atoms with van der Waals surface area (Å²) >= 11 is 0. The van der Waals surface area contributed by atoms with Gasteiger partial charge in [0.05, 0.1) is 11.8 Å². The van der Waals surface area contributed by atoms with Gasteiger partial charge < -0.3 is 5.21 Å². The molecule has 0 amide bonds. The number of hydrogen-bond donors (Lipinski definition) is 1. The molecule has 0 spiro atoms. The lowest BCUT2D eigenvalue weighted by Crippen LogP contribution is -2.19. The summed E-state index contributed by atoms with van der Waals surface area (Å²) in [5.41, 5.74) is 0.867. The van der Waals surface area contributed by atoms with Gasteiger partial charge in [0.1, 0.15) is 12.7 Å². The van der Waals surface area contributed by atoms with Crippen LogP contribution in [0.2, 0.25) is 0 Å². The second kappa shape index (κ2) is 3.55. The fourth-order valence-electron chi connectivity index (χ4n) is 1.74. The van der Waals surface area contributed by atoms with Crippen LogP contribution in [0, 0.1) is 0 Å². The van der Waals surface area contributed by atoms with E-state index in [9.17, 15) is 0 Å². The molecule has 0 aromatic carbocycles. The van der Waals surface area contributed by atoms with Gasteiger partial charge in [-0.15, -0.1) is 0 Å². The highest BCUT2D eigenvalue weighted by Crippen LogP contribution is 2.25. The normalized spacial score (nSPS) is 26.5. The molecule has 1 aromatic heterocycles. The minimum Gasteiger partial charge on any atom is -0.411 e. The zero-order chi connectivity index (χ0) is 9.10. The Morgan fingerprint density at radius 3 is 3.23 bits per heavy atom. The lowest BCUT2D eigenvalue weighted by Gasteiger charge is -2.21. The summed E-state index contributed by atoms with van der Waals surface area (Å²) in [5.74, 6) is 0. The summed E-state index contributed by atoms with van der Waals surface area (Å²) in [7, 11) is 0. The van der Waals surface area contributed by atoms with E-state index in [1.807, 2.05) is 4.68 Å². The minimum absolute atomic E-state index is 0.321. The van der Waals surface area contributed by atoms with E-state index in [0.717, 1.165) is 31.4 Å². The van der Waals surface area contributed by atoms with Crippen molar-refractivity contribution in [3.05, 3.63) is 12.7 Å². The summed E-state index contributed by atoms with van der Waals surface area (Å²) in [4.78, 5) is 3.90. The molecule has 1 saturated carbocycles. The number of oxime groups is 1. The monoisotopic (exact) mass is 180 g/mol. The van der Waals surface area contributed by atoms with Crippen molar-refractivity contribution in [3.8, 4) is 0 Å². The summed E-state index contributed by atoms with van der Waals surface area (Å²) < 4.78 is 1.84. The van der Waals surface area contributed by atoms with Crippen molar-refractivity contribution in [3.63, 3.8) is 0 Å². The molecular weight excluding hydrogens is 168 g/mol. The van der Waals surface area contributed by atoms with Gasteiger partial charge >= 0.3 is 0 Å². The maximum absolute atomic E-state index is 8.65. The Labute approximate surface area is 76.1 Å². The molecule has 0 bridgehead atoms. The standard InChI is InChI=1S/C8H12N4O/c13-11-7-2-1-3-8(4-7)12-6-9-5-10-12/h5-6,8,13H,1-4H2/b11-7+.